The highest BCUT2D eigenvalue weighted by molar-refractivity contribution is 6.34. The first kappa shape index (κ1) is 24.7. The maximum atomic E-state index is 12.7. The third-order valence-electron chi connectivity index (χ3n) is 5.33. The van der Waals surface area contributed by atoms with Crippen molar-refractivity contribution >= 4 is 40.9 Å². The fourth-order valence-corrected chi connectivity index (χ4v) is 3.96. The van der Waals surface area contributed by atoms with Gasteiger partial charge in [-0.15, -0.1) is 0 Å². The van der Waals surface area contributed by atoms with E-state index in [0.717, 1.165) is 6.07 Å². The van der Waals surface area contributed by atoms with E-state index in [-0.39, 0.29) is 27.9 Å². The van der Waals surface area contributed by atoms with Crippen molar-refractivity contribution in [2.24, 2.45) is 0 Å². The molecule has 34 heavy (non-hydrogen) atoms. The van der Waals surface area contributed by atoms with E-state index in [1.54, 1.807) is 31.2 Å². The molecule has 3 amide bonds. The molecule has 1 aliphatic heterocycles. The number of urea groups is 1. The molecule has 1 atom stereocenters. The second-order valence-electron chi connectivity index (χ2n) is 7.53. The van der Waals surface area contributed by atoms with Crippen LogP contribution in [0.25, 0.3) is 0 Å². The van der Waals surface area contributed by atoms with Crippen molar-refractivity contribution in [3.05, 3.63) is 80.0 Å². The van der Waals surface area contributed by atoms with Crippen LogP contribution in [-0.4, -0.2) is 41.4 Å². The summed E-state index contributed by atoms with van der Waals surface area (Å²) in [6.45, 7) is 4.06. The molecule has 0 bridgehead atoms. The molecule has 0 unspecified atom stereocenters. The third-order valence-corrected chi connectivity index (χ3v) is 5.65. The summed E-state index contributed by atoms with van der Waals surface area (Å²) in [6.07, 6.45) is 0.705. The number of nitrogens with one attached hydrogen (secondary N) is 2. The smallest absolute Gasteiger partial charge is 0.337 e. The molecule has 2 aromatic carbocycles. The van der Waals surface area contributed by atoms with Gasteiger partial charge in [0.25, 0.3) is 11.6 Å². The van der Waals surface area contributed by atoms with Crippen LogP contribution in [0.2, 0.25) is 5.02 Å². The summed E-state index contributed by atoms with van der Waals surface area (Å²) < 4.78 is 4.96. The number of rotatable bonds is 7. The number of non-ortho nitro benzene ring substituents is 1. The number of hydrogen-bond donors (Lipinski definition) is 2. The second kappa shape index (κ2) is 10.3. The molecule has 1 heterocycles. The number of benzene rings is 2. The van der Waals surface area contributed by atoms with Gasteiger partial charge in [0.2, 0.25) is 0 Å². The predicted octanol–water partition coefficient (Wildman–Crippen LogP) is 4.42. The topological polar surface area (TPSA) is 131 Å². The minimum atomic E-state index is -0.784. The van der Waals surface area contributed by atoms with Crippen LogP contribution in [0.4, 0.5) is 16.2 Å². The average molecular weight is 487 g/mol. The molecule has 0 fully saturated rings. The maximum Gasteiger partial charge on any atom is 0.337 e. The molecule has 2 N–H and O–H groups in total. The van der Waals surface area contributed by atoms with Crippen molar-refractivity contribution in [2.45, 2.75) is 26.3 Å². The van der Waals surface area contributed by atoms with Crippen LogP contribution in [0.3, 0.4) is 0 Å². The second-order valence-corrected chi connectivity index (χ2v) is 7.93. The van der Waals surface area contributed by atoms with Crippen molar-refractivity contribution in [1.29, 1.82) is 0 Å². The average Bonchev–Trinajstić information content (AvgIpc) is 2.80. The molecule has 2 aromatic rings. The molecule has 3 rings (SSSR count). The molecule has 10 nitrogen and oxygen atoms in total. The third kappa shape index (κ3) is 5.01. The zero-order chi connectivity index (χ0) is 25.0. The summed E-state index contributed by atoms with van der Waals surface area (Å²) in [5.74, 6) is -1.14. The van der Waals surface area contributed by atoms with E-state index in [9.17, 15) is 24.5 Å². The summed E-state index contributed by atoms with van der Waals surface area (Å²) in [5.41, 5.74) is 1.55. The predicted molar refractivity (Wildman–Crippen MR) is 125 cm³/mol. The fraction of sp³-hybridized carbons (Fsp3) is 0.261. The highest BCUT2D eigenvalue weighted by atomic mass is 35.5. The molecule has 0 aromatic heterocycles. The Morgan fingerprint density at radius 3 is 2.62 bits per heavy atom. The Kier molecular flexibility index (Phi) is 7.52. The Bertz CT molecular complexity index is 1200. The number of esters is 1. The minimum Gasteiger partial charge on any atom is -0.466 e. The molecular weight excluding hydrogens is 464 g/mol. The molecule has 0 aliphatic carbocycles. The van der Waals surface area contributed by atoms with Crippen molar-refractivity contribution in [1.82, 2.24) is 10.2 Å². The number of carbonyl (C=O) groups is 3. The van der Waals surface area contributed by atoms with Gasteiger partial charge < -0.3 is 15.4 Å². The van der Waals surface area contributed by atoms with E-state index in [0.29, 0.717) is 29.9 Å². The van der Waals surface area contributed by atoms with Crippen LogP contribution in [-0.2, 0) is 9.53 Å². The van der Waals surface area contributed by atoms with Gasteiger partial charge in [-0.2, -0.15) is 0 Å². The van der Waals surface area contributed by atoms with Gasteiger partial charge in [0.05, 0.1) is 34.2 Å². The van der Waals surface area contributed by atoms with E-state index in [2.05, 4.69) is 10.6 Å². The van der Waals surface area contributed by atoms with Gasteiger partial charge in [0, 0.05) is 30.1 Å². The molecule has 0 saturated heterocycles. The van der Waals surface area contributed by atoms with Gasteiger partial charge in [0.1, 0.15) is 0 Å². The van der Waals surface area contributed by atoms with Gasteiger partial charge in [-0.05, 0) is 37.1 Å². The van der Waals surface area contributed by atoms with Gasteiger partial charge in [-0.1, -0.05) is 30.7 Å². The number of nitro benzene ring substituents is 1. The summed E-state index contributed by atoms with van der Waals surface area (Å²) in [6, 6.07) is 9.05. The van der Waals surface area contributed by atoms with Crippen LogP contribution in [0.15, 0.2) is 53.7 Å². The number of ether oxygens (including phenoxy) is 1. The normalized spacial score (nSPS) is 15.6. The Morgan fingerprint density at radius 2 is 2.00 bits per heavy atom. The number of nitrogens with zero attached hydrogens (tertiary/aromatic N) is 2. The lowest BCUT2D eigenvalue weighted by Gasteiger charge is -2.35. The fourth-order valence-electron chi connectivity index (χ4n) is 3.69. The van der Waals surface area contributed by atoms with Crippen LogP contribution < -0.4 is 10.6 Å². The monoisotopic (exact) mass is 486 g/mol. The molecule has 11 heteroatoms. The number of anilines is 1. The zero-order valence-electron chi connectivity index (χ0n) is 18.8. The number of hydrogen-bond acceptors (Lipinski definition) is 6. The van der Waals surface area contributed by atoms with Crippen LogP contribution in [0.5, 0.6) is 0 Å². The van der Waals surface area contributed by atoms with E-state index >= 15 is 0 Å². The lowest BCUT2D eigenvalue weighted by Crippen LogP contribution is -2.48. The van der Waals surface area contributed by atoms with E-state index in [1.165, 1.54) is 24.1 Å². The first-order valence-electron chi connectivity index (χ1n) is 10.4. The highest BCUT2D eigenvalue weighted by Crippen LogP contribution is 2.32. The Hall–Kier alpha value is -3.92. The molecular formula is C23H23ClN4O6. The first-order valence-corrected chi connectivity index (χ1v) is 10.8. The van der Waals surface area contributed by atoms with E-state index in [4.69, 9.17) is 16.3 Å². The number of carbonyl (C=O) groups excluding carboxylic acids is 3. The lowest BCUT2D eigenvalue weighted by molar-refractivity contribution is -0.384. The Labute approximate surface area is 200 Å². The Morgan fingerprint density at radius 1 is 1.26 bits per heavy atom. The van der Waals surface area contributed by atoms with Crippen LogP contribution >= 0.6 is 11.6 Å². The lowest BCUT2D eigenvalue weighted by atomic mass is 9.94. The van der Waals surface area contributed by atoms with Gasteiger partial charge >= 0.3 is 12.0 Å². The number of allylic oxidation sites excluding steroid dienone is 1. The van der Waals surface area contributed by atoms with Crippen LogP contribution in [0, 0.1) is 10.1 Å². The van der Waals surface area contributed by atoms with Gasteiger partial charge in [0.15, 0.2) is 0 Å². The molecule has 0 saturated carbocycles. The SMILES string of the molecule is CCCN1C(=O)N[C@@H](c2cccc(NC(=O)c3ccc([N+](=O)[O-])cc3Cl)c2)C(C(=O)OC)=C1C. The maximum absolute atomic E-state index is 12.7. The van der Waals surface area contributed by atoms with Gasteiger partial charge in [-0.25, -0.2) is 9.59 Å². The number of methoxy groups -OCH3 is 1. The quantitative estimate of drug-likeness (QED) is 0.338. The largest absolute Gasteiger partial charge is 0.466 e. The molecule has 178 valence electrons. The number of amides is 3. The van der Waals surface area contributed by atoms with Crippen molar-refractivity contribution < 1.29 is 24.0 Å². The van der Waals surface area contributed by atoms with E-state index in [1.807, 2.05) is 6.92 Å². The summed E-state index contributed by atoms with van der Waals surface area (Å²) >= 11 is 6.05. The zero-order valence-corrected chi connectivity index (χ0v) is 19.5. The highest BCUT2D eigenvalue weighted by Gasteiger charge is 2.36. The summed E-state index contributed by atoms with van der Waals surface area (Å²) in [4.78, 5) is 49.8. The number of nitro groups is 1. The van der Waals surface area contributed by atoms with Gasteiger partial charge in [-0.3, -0.25) is 19.8 Å². The summed E-state index contributed by atoms with van der Waals surface area (Å²) in [7, 11) is 1.27. The molecule has 0 spiro atoms. The number of halogens is 1. The van der Waals surface area contributed by atoms with E-state index < -0.39 is 22.8 Å². The van der Waals surface area contributed by atoms with Crippen molar-refractivity contribution in [2.75, 3.05) is 19.0 Å². The molecule has 0 radical (unpaired) electrons. The summed E-state index contributed by atoms with van der Waals surface area (Å²) in [5, 5.41) is 16.3. The first-order chi connectivity index (χ1) is 16.2. The van der Waals surface area contributed by atoms with Crippen LogP contribution in [0.1, 0.15) is 42.2 Å². The minimum absolute atomic E-state index is 0.0600. The Balaban J connectivity index is 1.92. The molecule has 1 aliphatic rings. The van der Waals surface area contributed by atoms with Crippen molar-refractivity contribution in [3.8, 4) is 0 Å². The van der Waals surface area contributed by atoms with Crippen molar-refractivity contribution in [3.63, 3.8) is 0 Å². The standard InChI is InChI=1S/C23H23ClN4O6/c1-4-10-27-13(2)19(22(30)34-3)20(26-23(27)31)14-6-5-7-15(11-14)25-21(29)17-9-8-16(28(32)33)12-18(17)24/h5-9,11-12,20H,4,10H2,1-3H3,(H,25,29)(H,26,31)/t20-/m0/s1.